The first kappa shape index (κ1) is 16.1. The number of hydrogen-bond acceptors (Lipinski definition) is 4. The van der Waals surface area contributed by atoms with E-state index in [-0.39, 0.29) is 23.4 Å². The van der Waals surface area contributed by atoms with Crippen molar-refractivity contribution in [1.82, 2.24) is 5.43 Å². The molecule has 0 heterocycles. The van der Waals surface area contributed by atoms with Crippen LogP contribution in [-0.4, -0.2) is 19.9 Å². The van der Waals surface area contributed by atoms with E-state index in [1.54, 1.807) is 26.0 Å². The molecule has 0 aliphatic rings. The van der Waals surface area contributed by atoms with Gasteiger partial charge in [-0.05, 0) is 37.0 Å². The molecular formula is C13H21FN2O2S. The molecule has 19 heavy (non-hydrogen) atoms. The normalized spacial score (nSPS) is 13.5. The smallest absolute Gasteiger partial charge is 0.150 e. The zero-order valence-electron chi connectivity index (χ0n) is 11.3. The van der Waals surface area contributed by atoms with Crippen molar-refractivity contribution < 1.29 is 12.8 Å². The largest absolute Gasteiger partial charge is 0.271 e. The fraction of sp³-hybridized carbons (Fsp3) is 0.538. The Labute approximate surface area is 114 Å². The monoisotopic (exact) mass is 288 g/mol. The molecule has 1 aromatic carbocycles. The molecule has 1 rings (SSSR count). The summed E-state index contributed by atoms with van der Waals surface area (Å²) in [5.74, 6) is 5.54. The van der Waals surface area contributed by atoms with Crippen molar-refractivity contribution in [1.29, 1.82) is 0 Å². The average molecular weight is 288 g/mol. The van der Waals surface area contributed by atoms with Gasteiger partial charge >= 0.3 is 0 Å². The summed E-state index contributed by atoms with van der Waals surface area (Å²) < 4.78 is 36.0. The first-order chi connectivity index (χ1) is 8.89. The van der Waals surface area contributed by atoms with Gasteiger partial charge in [-0.25, -0.2) is 12.8 Å². The van der Waals surface area contributed by atoms with Crippen molar-refractivity contribution >= 4 is 9.84 Å². The van der Waals surface area contributed by atoms with E-state index in [9.17, 15) is 12.8 Å². The number of halogens is 1. The van der Waals surface area contributed by atoms with E-state index in [4.69, 9.17) is 5.84 Å². The van der Waals surface area contributed by atoms with E-state index in [1.807, 2.05) is 0 Å². The van der Waals surface area contributed by atoms with Gasteiger partial charge in [-0.1, -0.05) is 19.1 Å². The van der Waals surface area contributed by atoms with E-state index in [0.29, 0.717) is 18.4 Å². The third-order valence-corrected chi connectivity index (χ3v) is 4.96. The van der Waals surface area contributed by atoms with E-state index < -0.39 is 9.84 Å². The Morgan fingerprint density at radius 2 is 2.11 bits per heavy atom. The first-order valence-corrected chi connectivity index (χ1v) is 8.14. The Hall–Kier alpha value is -0.980. The van der Waals surface area contributed by atoms with Gasteiger partial charge in [0.25, 0.3) is 0 Å². The fourth-order valence-electron chi connectivity index (χ4n) is 1.88. The lowest BCUT2D eigenvalue weighted by Gasteiger charge is -2.17. The summed E-state index contributed by atoms with van der Waals surface area (Å²) in [7, 11) is -2.95. The molecule has 3 N–H and O–H groups in total. The molecule has 1 unspecified atom stereocenters. The second kappa shape index (κ2) is 6.98. The molecule has 0 amide bonds. The van der Waals surface area contributed by atoms with Gasteiger partial charge in [-0.2, -0.15) is 0 Å². The van der Waals surface area contributed by atoms with Crippen molar-refractivity contribution in [2.75, 3.05) is 11.5 Å². The molecule has 0 radical (unpaired) electrons. The predicted molar refractivity (Wildman–Crippen MR) is 74.8 cm³/mol. The Morgan fingerprint density at radius 3 is 2.63 bits per heavy atom. The average Bonchev–Trinajstić information content (AvgIpc) is 2.38. The van der Waals surface area contributed by atoms with Crippen LogP contribution in [0.4, 0.5) is 4.39 Å². The Morgan fingerprint density at radius 1 is 1.42 bits per heavy atom. The van der Waals surface area contributed by atoms with Gasteiger partial charge in [0.1, 0.15) is 15.7 Å². The van der Waals surface area contributed by atoms with Gasteiger partial charge in [-0.3, -0.25) is 11.3 Å². The van der Waals surface area contributed by atoms with Crippen LogP contribution < -0.4 is 11.3 Å². The highest BCUT2D eigenvalue weighted by molar-refractivity contribution is 7.91. The minimum Gasteiger partial charge on any atom is -0.271 e. The highest BCUT2D eigenvalue weighted by atomic mass is 32.2. The van der Waals surface area contributed by atoms with Crippen molar-refractivity contribution in [2.24, 2.45) is 5.84 Å². The van der Waals surface area contributed by atoms with Gasteiger partial charge < -0.3 is 0 Å². The molecule has 0 spiro atoms. The molecule has 0 aliphatic heterocycles. The van der Waals surface area contributed by atoms with Crippen LogP contribution in [0.2, 0.25) is 0 Å². The SMILES string of the molecule is CCS(=O)(=O)CCCC(NN)c1ccc(F)c(C)c1. The Bertz CT molecular complexity index is 517. The van der Waals surface area contributed by atoms with E-state index in [1.165, 1.54) is 6.07 Å². The molecule has 0 aliphatic carbocycles. The summed E-state index contributed by atoms with van der Waals surface area (Å²) in [6, 6.07) is 4.64. The van der Waals surface area contributed by atoms with Gasteiger partial charge in [0.15, 0.2) is 0 Å². The maximum atomic E-state index is 13.2. The van der Waals surface area contributed by atoms with Gasteiger partial charge in [-0.15, -0.1) is 0 Å². The summed E-state index contributed by atoms with van der Waals surface area (Å²) in [5, 5.41) is 0. The Kier molecular flexibility index (Phi) is 5.90. The molecule has 6 heteroatoms. The number of nitrogens with one attached hydrogen (secondary N) is 1. The quantitative estimate of drug-likeness (QED) is 0.593. The van der Waals surface area contributed by atoms with Crippen LogP contribution in [0.1, 0.15) is 36.9 Å². The van der Waals surface area contributed by atoms with E-state index in [0.717, 1.165) is 5.56 Å². The first-order valence-electron chi connectivity index (χ1n) is 6.32. The zero-order chi connectivity index (χ0) is 14.5. The molecule has 4 nitrogen and oxygen atoms in total. The van der Waals surface area contributed by atoms with Gasteiger partial charge in [0.2, 0.25) is 0 Å². The van der Waals surface area contributed by atoms with Crippen LogP contribution in [-0.2, 0) is 9.84 Å². The van der Waals surface area contributed by atoms with Gasteiger partial charge in [0.05, 0.1) is 5.75 Å². The van der Waals surface area contributed by atoms with E-state index in [2.05, 4.69) is 5.43 Å². The molecule has 108 valence electrons. The maximum Gasteiger partial charge on any atom is 0.150 e. The highest BCUT2D eigenvalue weighted by Gasteiger charge is 2.13. The predicted octanol–water partition coefficient (Wildman–Crippen LogP) is 1.85. The third kappa shape index (κ3) is 4.89. The third-order valence-electron chi connectivity index (χ3n) is 3.17. The summed E-state index contributed by atoms with van der Waals surface area (Å²) in [6.45, 7) is 3.32. The minimum atomic E-state index is -2.95. The number of rotatable bonds is 7. The fourth-order valence-corrected chi connectivity index (χ4v) is 2.78. The van der Waals surface area contributed by atoms with Crippen molar-refractivity contribution in [3.05, 3.63) is 35.1 Å². The van der Waals surface area contributed by atoms with Crippen LogP contribution in [0.5, 0.6) is 0 Å². The molecule has 0 saturated heterocycles. The van der Waals surface area contributed by atoms with Crippen LogP contribution in [0, 0.1) is 12.7 Å². The summed E-state index contributed by atoms with van der Waals surface area (Å²) >= 11 is 0. The number of nitrogens with two attached hydrogens (primary N) is 1. The van der Waals surface area contributed by atoms with Crippen LogP contribution >= 0.6 is 0 Å². The lowest BCUT2D eigenvalue weighted by molar-refractivity contribution is 0.505. The number of sulfone groups is 1. The van der Waals surface area contributed by atoms with Crippen LogP contribution in [0.15, 0.2) is 18.2 Å². The zero-order valence-corrected chi connectivity index (χ0v) is 12.1. The molecule has 1 aromatic rings. The maximum absolute atomic E-state index is 13.2. The molecular weight excluding hydrogens is 267 g/mol. The second-order valence-corrected chi connectivity index (χ2v) is 7.08. The van der Waals surface area contributed by atoms with Crippen LogP contribution in [0.3, 0.4) is 0 Å². The van der Waals surface area contributed by atoms with Crippen molar-refractivity contribution in [3.63, 3.8) is 0 Å². The van der Waals surface area contributed by atoms with E-state index >= 15 is 0 Å². The lowest BCUT2D eigenvalue weighted by atomic mass is 10.0. The molecule has 1 atom stereocenters. The number of benzene rings is 1. The molecule has 0 fully saturated rings. The summed E-state index contributed by atoms with van der Waals surface area (Å²) in [5.41, 5.74) is 4.08. The summed E-state index contributed by atoms with van der Waals surface area (Å²) in [6.07, 6.45) is 1.13. The molecule has 0 aromatic heterocycles. The number of hydrazine groups is 1. The number of hydrogen-bond donors (Lipinski definition) is 2. The van der Waals surface area contributed by atoms with Crippen molar-refractivity contribution in [2.45, 2.75) is 32.7 Å². The minimum absolute atomic E-state index is 0.155. The standard InChI is InChI=1S/C13H21FN2O2S/c1-3-19(17,18)8-4-5-13(16-15)11-6-7-12(14)10(2)9-11/h6-7,9,13,16H,3-5,8,15H2,1-2H3. The molecule has 0 bridgehead atoms. The second-order valence-electron chi connectivity index (χ2n) is 4.61. The van der Waals surface area contributed by atoms with Crippen LogP contribution in [0.25, 0.3) is 0 Å². The topological polar surface area (TPSA) is 72.2 Å². The lowest BCUT2D eigenvalue weighted by Crippen LogP contribution is -2.28. The summed E-state index contributed by atoms with van der Waals surface area (Å²) in [4.78, 5) is 0. The van der Waals surface area contributed by atoms with Crippen molar-refractivity contribution in [3.8, 4) is 0 Å². The highest BCUT2D eigenvalue weighted by Crippen LogP contribution is 2.20. The van der Waals surface area contributed by atoms with Gasteiger partial charge in [0, 0.05) is 11.8 Å². The Balaban J connectivity index is 2.66. The number of aryl methyl sites for hydroxylation is 1. The molecule has 0 saturated carbocycles.